The van der Waals surface area contributed by atoms with E-state index in [-0.39, 0.29) is 23.6 Å². The van der Waals surface area contributed by atoms with Crippen LogP contribution in [0.4, 0.5) is 5.69 Å². The second-order valence-corrected chi connectivity index (χ2v) is 9.32. The molecule has 1 aliphatic rings. The molecule has 1 saturated heterocycles. The van der Waals surface area contributed by atoms with Gasteiger partial charge in [0.2, 0.25) is 0 Å². The first kappa shape index (κ1) is 25.6. The van der Waals surface area contributed by atoms with Crippen LogP contribution in [-0.4, -0.2) is 38.2 Å². The van der Waals surface area contributed by atoms with E-state index in [1.165, 1.54) is 23.1 Å². The topological polar surface area (TPSA) is 123 Å². The fraction of sp³-hybridized carbons (Fsp3) is 0.250. The summed E-state index contributed by atoms with van der Waals surface area (Å²) in [6.07, 6.45) is 3.16. The Kier molecular flexibility index (Phi) is 7.33. The fourth-order valence-electron chi connectivity index (χ4n) is 4.29. The summed E-state index contributed by atoms with van der Waals surface area (Å²) in [5, 5.41) is 22.8. The number of aliphatic hydroxyl groups is 1. The number of ether oxygens (including phenoxy) is 1. The van der Waals surface area contributed by atoms with Crippen molar-refractivity contribution in [3.8, 4) is 5.75 Å². The quantitative estimate of drug-likeness (QED) is 0.152. The molecule has 1 N–H and O–H groups in total. The van der Waals surface area contributed by atoms with Gasteiger partial charge in [0.15, 0.2) is 0 Å². The normalized spacial score (nSPS) is 16.9. The van der Waals surface area contributed by atoms with E-state index in [0.717, 1.165) is 0 Å². The maximum atomic E-state index is 13.3. The molecule has 1 atom stereocenters. The highest BCUT2D eigenvalue weighted by atomic mass is 16.6. The maximum Gasteiger partial charge on any atom is 0.295 e. The summed E-state index contributed by atoms with van der Waals surface area (Å²) in [6.45, 7) is 6.39. The molecule has 1 aromatic heterocycles. The van der Waals surface area contributed by atoms with Crippen molar-refractivity contribution in [1.82, 2.24) is 9.88 Å². The second kappa shape index (κ2) is 10.6. The van der Waals surface area contributed by atoms with Crippen molar-refractivity contribution < 1.29 is 24.4 Å². The standard InChI is InChI=1S/C28H27N3O6/c1-17(2)16-37-22-9-10-23(18(3)12-22)26(32)24-25(20-7-4-8-21(13-20)31(35)36)30(28(34)27(24)33)15-19-6-5-11-29-14-19/h4-14,17,25,32H,15-16H2,1-3H3/t25-/m1/s1. The Labute approximate surface area is 214 Å². The summed E-state index contributed by atoms with van der Waals surface area (Å²) in [5.41, 5.74) is 1.71. The number of non-ortho nitro benzene ring substituents is 1. The van der Waals surface area contributed by atoms with Crippen molar-refractivity contribution in [2.24, 2.45) is 5.92 Å². The van der Waals surface area contributed by atoms with Crippen molar-refractivity contribution in [2.45, 2.75) is 33.4 Å². The fourth-order valence-corrected chi connectivity index (χ4v) is 4.29. The average molecular weight is 502 g/mol. The van der Waals surface area contributed by atoms with Gasteiger partial charge in [0.25, 0.3) is 17.4 Å². The van der Waals surface area contributed by atoms with Gasteiger partial charge in [-0.1, -0.05) is 32.0 Å². The number of rotatable bonds is 8. The monoisotopic (exact) mass is 501 g/mol. The summed E-state index contributed by atoms with van der Waals surface area (Å²) >= 11 is 0. The van der Waals surface area contributed by atoms with E-state index in [4.69, 9.17) is 4.74 Å². The molecule has 9 heteroatoms. The lowest BCUT2D eigenvalue weighted by molar-refractivity contribution is -0.384. The molecule has 0 saturated carbocycles. The number of benzene rings is 2. The Balaban J connectivity index is 1.83. The summed E-state index contributed by atoms with van der Waals surface area (Å²) in [4.78, 5) is 42.8. The van der Waals surface area contributed by atoms with Crippen LogP contribution in [0.3, 0.4) is 0 Å². The van der Waals surface area contributed by atoms with Crippen LogP contribution in [0.2, 0.25) is 0 Å². The van der Waals surface area contributed by atoms with Crippen LogP contribution < -0.4 is 4.74 Å². The first-order valence-electron chi connectivity index (χ1n) is 11.8. The van der Waals surface area contributed by atoms with Crippen LogP contribution in [0.5, 0.6) is 5.75 Å². The predicted molar refractivity (Wildman–Crippen MR) is 137 cm³/mol. The van der Waals surface area contributed by atoms with Gasteiger partial charge in [0, 0.05) is 36.6 Å². The number of hydrogen-bond acceptors (Lipinski definition) is 7. The molecule has 190 valence electrons. The number of ketones is 1. The minimum absolute atomic E-state index is 0.0313. The first-order valence-corrected chi connectivity index (χ1v) is 11.8. The Bertz CT molecular complexity index is 1380. The lowest BCUT2D eigenvalue weighted by Crippen LogP contribution is -2.29. The number of nitrogens with zero attached hydrogens (tertiary/aromatic N) is 3. The maximum absolute atomic E-state index is 13.3. The van der Waals surface area contributed by atoms with Gasteiger partial charge < -0.3 is 14.7 Å². The van der Waals surface area contributed by atoms with Gasteiger partial charge in [-0.05, 0) is 53.8 Å². The van der Waals surface area contributed by atoms with E-state index in [0.29, 0.717) is 40.5 Å². The zero-order valence-corrected chi connectivity index (χ0v) is 20.7. The van der Waals surface area contributed by atoms with E-state index in [2.05, 4.69) is 4.98 Å². The number of aliphatic hydroxyl groups excluding tert-OH is 1. The Morgan fingerprint density at radius 2 is 1.95 bits per heavy atom. The molecule has 0 unspecified atom stereocenters. The van der Waals surface area contributed by atoms with Crippen molar-refractivity contribution in [3.63, 3.8) is 0 Å². The highest BCUT2D eigenvalue weighted by molar-refractivity contribution is 6.46. The zero-order valence-electron chi connectivity index (χ0n) is 20.7. The molecule has 2 heterocycles. The summed E-state index contributed by atoms with van der Waals surface area (Å²) < 4.78 is 5.76. The molecule has 0 bridgehead atoms. The lowest BCUT2D eigenvalue weighted by atomic mass is 9.93. The van der Waals surface area contributed by atoms with Crippen LogP contribution in [0, 0.1) is 23.0 Å². The zero-order chi connectivity index (χ0) is 26.7. The molecule has 3 aromatic rings. The van der Waals surface area contributed by atoms with Crippen LogP contribution in [0.1, 0.15) is 42.1 Å². The molecule has 0 aliphatic carbocycles. The third-order valence-corrected chi connectivity index (χ3v) is 6.05. The minimum Gasteiger partial charge on any atom is -0.507 e. The number of hydrogen-bond donors (Lipinski definition) is 1. The van der Waals surface area contributed by atoms with E-state index >= 15 is 0 Å². The molecule has 1 fully saturated rings. The number of likely N-dealkylation sites (tertiary alicyclic amines) is 1. The summed E-state index contributed by atoms with van der Waals surface area (Å²) in [6, 6.07) is 13.3. The largest absolute Gasteiger partial charge is 0.507 e. The number of carbonyl (C=O) groups excluding carboxylic acids is 2. The molecule has 2 aromatic carbocycles. The van der Waals surface area contributed by atoms with E-state index < -0.39 is 22.7 Å². The second-order valence-electron chi connectivity index (χ2n) is 9.32. The number of aryl methyl sites for hydroxylation is 1. The molecule has 0 spiro atoms. The van der Waals surface area contributed by atoms with Crippen molar-refractivity contribution in [2.75, 3.05) is 6.61 Å². The number of Topliss-reactive ketones (excluding diaryl/α,β-unsaturated/α-hetero) is 1. The molecule has 4 rings (SSSR count). The lowest BCUT2D eigenvalue weighted by Gasteiger charge is -2.25. The van der Waals surface area contributed by atoms with Gasteiger partial charge in [-0.15, -0.1) is 0 Å². The highest BCUT2D eigenvalue weighted by Gasteiger charge is 2.46. The van der Waals surface area contributed by atoms with E-state index in [1.54, 1.807) is 55.7 Å². The Morgan fingerprint density at radius 3 is 2.59 bits per heavy atom. The number of nitro groups is 1. The van der Waals surface area contributed by atoms with Gasteiger partial charge in [-0.3, -0.25) is 24.7 Å². The molecule has 0 radical (unpaired) electrons. The Morgan fingerprint density at radius 1 is 1.16 bits per heavy atom. The van der Waals surface area contributed by atoms with Crippen LogP contribution in [0.25, 0.3) is 5.76 Å². The van der Waals surface area contributed by atoms with Crippen LogP contribution in [0.15, 0.2) is 72.6 Å². The van der Waals surface area contributed by atoms with Crippen LogP contribution >= 0.6 is 0 Å². The van der Waals surface area contributed by atoms with Gasteiger partial charge in [0.1, 0.15) is 11.5 Å². The third kappa shape index (κ3) is 5.35. The summed E-state index contributed by atoms with van der Waals surface area (Å²) in [7, 11) is 0. The van der Waals surface area contributed by atoms with Crippen molar-refractivity contribution >= 4 is 23.1 Å². The smallest absolute Gasteiger partial charge is 0.295 e. The first-order chi connectivity index (χ1) is 17.7. The number of amides is 1. The minimum atomic E-state index is -1.03. The highest BCUT2D eigenvalue weighted by Crippen LogP contribution is 2.41. The molecule has 1 amide bonds. The number of nitro benzene ring substituents is 1. The molecular weight excluding hydrogens is 474 g/mol. The number of pyridine rings is 1. The Hall–Kier alpha value is -4.53. The van der Waals surface area contributed by atoms with Gasteiger partial charge in [0.05, 0.1) is 23.1 Å². The van der Waals surface area contributed by atoms with Gasteiger partial charge in [-0.25, -0.2) is 0 Å². The van der Waals surface area contributed by atoms with Crippen LogP contribution in [-0.2, 0) is 16.1 Å². The average Bonchev–Trinajstić information content (AvgIpc) is 3.12. The third-order valence-electron chi connectivity index (χ3n) is 6.05. The number of aromatic nitrogens is 1. The van der Waals surface area contributed by atoms with E-state index in [9.17, 15) is 24.8 Å². The van der Waals surface area contributed by atoms with Crippen molar-refractivity contribution in [1.29, 1.82) is 0 Å². The molecule has 37 heavy (non-hydrogen) atoms. The van der Waals surface area contributed by atoms with Gasteiger partial charge >= 0.3 is 0 Å². The van der Waals surface area contributed by atoms with Crippen molar-refractivity contribution in [3.05, 3.63) is 105 Å². The SMILES string of the molecule is Cc1cc(OCC(C)C)ccc1C(O)=C1C(=O)C(=O)N(Cc2cccnc2)[C@@H]1c1cccc([N+](=O)[O-])c1. The molecule has 9 nitrogen and oxygen atoms in total. The van der Waals surface area contributed by atoms with Gasteiger partial charge in [-0.2, -0.15) is 0 Å². The summed E-state index contributed by atoms with van der Waals surface area (Å²) in [5.74, 6) is -1.07. The predicted octanol–water partition coefficient (Wildman–Crippen LogP) is 4.95. The molecular formula is C28H27N3O6. The van der Waals surface area contributed by atoms with E-state index in [1.807, 2.05) is 13.8 Å². The number of carbonyl (C=O) groups is 2. The molecule has 1 aliphatic heterocycles.